The highest BCUT2D eigenvalue weighted by molar-refractivity contribution is 7.92. The van der Waals surface area contributed by atoms with Crippen molar-refractivity contribution < 1.29 is 17.9 Å². The highest BCUT2D eigenvalue weighted by Crippen LogP contribution is 2.18. The lowest BCUT2D eigenvalue weighted by molar-refractivity contribution is 0.312. The highest BCUT2D eigenvalue weighted by atomic mass is 32.2. The predicted molar refractivity (Wildman–Crippen MR) is 77.0 cm³/mol. The van der Waals surface area contributed by atoms with Gasteiger partial charge < -0.3 is 9.47 Å². The number of nitrogens with zero attached hydrogens (tertiary/aromatic N) is 2. The molecule has 1 aromatic heterocycles. The van der Waals surface area contributed by atoms with Crippen LogP contribution in [-0.2, 0) is 10.0 Å². The van der Waals surface area contributed by atoms with E-state index >= 15 is 0 Å². The van der Waals surface area contributed by atoms with Crippen LogP contribution in [0.2, 0.25) is 0 Å². The third kappa shape index (κ3) is 3.82. The summed E-state index contributed by atoms with van der Waals surface area (Å²) < 4.78 is 36.8. The van der Waals surface area contributed by atoms with Crippen molar-refractivity contribution in [1.82, 2.24) is 9.97 Å². The third-order valence-corrected chi connectivity index (χ3v) is 3.92. The maximum Gasteiger partial charge on any atom is 0.316 e. The molecule has 0 saturated carbocycles. The van der Waals surface area contributed by atoms with E-state index in [1.165, 1.54) is 31.6 Å². The summed E-state index contributed by atoms with van der Waals surface area (Å²) in [5.41, 5.74) is 0.259. The quantitative estimate of drug-likeness (QED) is 0.873. The van der Waals surface area contributed by atoms with E-state index in [-0.39, 0.29) is 16.6 Å². The van der Waals surface area contributed by atoms with Crippen LogP contribution in [0.15, 0.2) is 41.6 Å². The molecule has 0 aliphatic rings. The fraction of sp³-hybridized carbons (Fsp3) is 0.231. The summed E-state index contributed by atoms with van der Waals surface area (Å²) in [7, 11) is -2.18. The first-order valence-electron chi connectivity index (χ1n) is 6.17. The van der Waals surface area contributed by atoms with Gasteiger partial charge >= 0.3 is 6.01 Å². The molecule has 0 spiro atoms. The molecule has 0 fully saturated rings. The maximum absolute atomic E-state index is 12.2. The van der Waals surface area contributed by atoms with Crippen molar-refractivity contribution >= 4 is 15.7 Å². The van der Waals surface area contributed by atoms with Crippen molar-refractivity contribution in [1.29, 1.82) is 0 Å². The van der Waals surface area contributed by atoms with Gasteiger partial charge in [-0.25, -0.2) is 18.4 Å². The Hall–Kier alpha value is -2.35. The summed E-state index contributed by atoms with van der Waals surface area (Å²) in [4.78, 5) is 7.91. The second-order valence-electron chi connectivity index (χ2n) is 3.97. The van der Waals surface area contributed by atoms with Crippen LogP contribution in [0.4, 0.5) is 5.69 Å². The molecule has 0 radical (unpaired) electrons. The normalized spacial score (nSPS) is 11.0. The van der Waals surface area contributed by atoms with E-state index in [0.717, 1.165) is 0 Å². The zero-order valence-electron chi connectivity index (χ0n) is 11.6. The van der Waals surface area contributed by atoms with Gasteiger partial charge in [-0.05, 0) is 31.2 Å². The van der Waals surface area contributed by atoms with Crippen LogP contribution in [0.25, 0.3) is 0 Å². The molecular weight excluding hydrogens is 294 g/mol. The summed E-state index contributed by atoms with van der Waals surface area (Å²) in [5.74, 6) is 0.582. The van der Waals surface area contributed by atoms with E-state index in [1.807, 2.05) is 6.92 Å². The summed E-state index contributed by atoms with van der Waals surface area (Å²) in [6.07, 6.45) is 2.69. The molecule has 0 atom stereocenters. The molecule has 0 amide bonds. The fourth-order valence-corrected chi connectivity index (χ4v) is 2.57. The number of methoxy groups -OCH3 is 1. The van der Waals surface area contributed by atoms with Crippen molar-refractivity contribution in [3.63, 3.8) is 0 Å². The van der Waals surface area contributed by atoms with Crippen molar-refractivity contribution in [3.05, 3.63) is 36.7 Å². The number of aromatic nitrogens is 2. The van der Waals surface area contributed by atoms with E-state index in [1.54, 1.807) is 12.1 Å². The molecule has 2 aromatic rings. The Balaban J connectivity index is 2.16. The Bertz CT molecular complexity index is 684. The molecule has 0 aliphatic heterocycles. The minimum Gasteiger partial charge on any atom is -0.497 e. The number of anilines is 1. The SMILES string of the molecule is CCOc1ncc(NS(=O)(=O)c2ccc(OC)cc2)cn1. The van der Waals surface area contributed by atoms with Gasteiger partial charge in [0.1, 0.15) is 5.75 Å². The third-order valence-electron chi connectivity index (χ3n) is 2.52. The van der Waals surface area contributed by atoms with Crippen LogP contribution in [0.5, 0.6) is 11.8 Å². The standard InChI is InChI=1S/C13H15N3O4S/c1-3-20-13-14-8-10(9-15-13)16-21(17,18)12-6-4-11(19-2)5-7-12/h4-9,16H,3H2,1-2H3. The van der Waals surface area contributed by atoms with Crippen molar-refractivity contribution in [2.45, 2.75) is 11.8 Å². The Morgan fingerprint density at radius 2 is 1.76 bits per heavy atom. The van der Waals surface area contributed by atoms with Crippen LogP contribution in [0, 0.1) is 0 Å². The van der Waals surface area contributed by atoms with E-state index in [0.29, 0.717) is 12.4 Å². The first-order chi connectivity index (χ1) is 10.0. The van der Waals surface area contributed by atoms with Gasteiger partial charge in [0.05, 0.1) is 36.7 Å². The molecular formula is C13H15N3O4S. The van der Waals surface area contributed by atoms with E-state index in [2.05, 4.69) is 14.7 Å². The van der Waals surface area contributed by atoms with Gasteiger partial charge in [0.15, 0.2) is 0 Å². The summed E-state index contributed by atoms with van der Waals surface area (Å²) in [6.45, 7) is 2.25. The molecule has 2 rings (SSSR count). The lowest BCUT2D eigenvalue weighted by atomic mass is 10.3. The van der Waals surface area contributed by atoms with Crippen LogP contribution in [-0.4, -0.2) is 32.1 Å². The van der Waals surface area contributed by atoms with Gasteiger partial charge in [0, 0.05) is 0 Å². The largest absolute Gasteiger partial charge is 0.497 e. The zero-order chi connectivity index (χ0) is 15.3. The monoisotopic (exact) mass is 309 g/mol. The molecule has 1 N–H and O–H groups in total. The molecule has 0 bridgehead atoms. The Morgan fingerprint density at radius 1 is 1.14 bits per heavy atom. The highest BCUT2D eigenvalue weighted by Gasteiger charge is 2.14. The van der Waals surface area contributed by atoms with Gasteiger partial charge in [-0.3, -0.25) is 4.72 Å². The topological polar surface area (TPSA) is 90.4 Å². The molecule has 1 aromatic carbocycles. The Morgan fingerprint density at radius 3 is 2.29 bits per heavy atom. The number of ether oxygens (including phenoxy) is 2. The number of hydrogen-bond acceptors (Lipinski definition) is 6. The number of benzene rings is 1. The van der Waals surface area contributed by atoms with Crippen LogP contribution < -0.4 is 14.2 Å². The second kappa shape index (κ2) is 6.40. The molecule has 0 aliphatic carbocycles. The Labute approximate surface area is 123 Å². The predicted octanol–water partition coefficient (Wildman–Crippen LogP) is 1.68. The first kappa shape index (κ1) is 15.0. The fourth-order valence-electron chi connectivity index (χ4n) is 1.54. The molecule has 0 saturated heterocycles. The van der Waals surface area contributed by atoms with Gasteiger partial charge in [-0.2, -0.15) is 0 Å². The Kier molecular flexibility index (Phi) is 4.59. The average Bonchev–Trinajstić information content (AvgIpc) is 2.49. The first-order valence-corrected chi connectivity index (χ1v) is 7.65. The van der Waals surface area contributed by atoms with Crippen molar-refractivity contribution in [2.75, 3.05) is 18.4 Å². The lowest BCUT2D eigenvalue weighted by Gasteiger charge is -2.08. The second-order valence-corrected chi connectivity index (χ2v) is 5.65. The van der Waals surface area contributed by atoms with E-state index in [4.69, 9.17) is 9.47 Å². The van der Waals surface area contributed by atoms with Gasteiger partial charge in [0.25, 0.3) is 10.0 Å². The molecule has 0 unspecified atom stereocenters. The smallest absolute Gasteiger partial charge is 0.316 e. The van der Waals surface area contributed by atoms with E-state index in [9.17, 15) is 8.42 Å². The lowest BCUT2D eigenvalue weighted by Crippen LogP contribution is -2.13. The van der Waals surface area contributed by atoms with Crippen LogP contribution in [0.1, 0.15) is 6.92 Å². The molecule has 21 heavy (non-hydrogen) atoms. The average molecular weight is 309 g/mol. The molecule has 7 nitrogen and oxygen atoms in total. The van der Waals surface area contributed by atoms with E-state index < -0.39 is 10.0 Å². The molecule has 1 heterocycles. The maximum atomic E-state index is 12.2. The number of rotatable bonds is 6. The summed E-state index contributed by atoms with van der Waals surface area (Å²) >= 11 is 0. The number of sulfonamides is 1. The van der Waals surface area contributed by atoms with Crippen molar-refractivity contribution in [3.8, 4) is 11.8 Å². The molecule has 8 heteroatoms. The zero-order valence-corrected chi connectivity index (χ0v) is 12.4. The van der Waals surface area contributed by atoms with Crippen molar-refractivity contribution in [2.24, 2.45) is 0 Å². The number of hydrogen-bond donors (Lipinski definition) is 1. The minimum atomic E-state index is -3.69. The number of nitrogens with one attached hydrogen (secondary N) is 1. The summed E-state index contributed by atoms with van der Waals surface area (Å²) in [6, 6.07) is 6.25. The van der Waals surface area contributed by atoms with Gasteiger partial charge in [-0.15, -0.1) is 0 Å². The van der Waals surface area contributed by atoms with Crippen LogP contribution >= 0.6 is 0 Å². The summed E-state index contributed by atoms with van der Waals surface area (Å²) in [5, 5.41) is 0. The van der Waals surface area contributed by atoms with Gasteiger partial charge in [-0.1, -0.05) is 0 Å². The van der Waals surface area contributed by atoms with Gasteiger partial charge in [0.2, 0.25) is 0 Å². The van der Waals surface area contributed by atoms with Crippen LogP contribution in [0.3, 0.4) is 0 Å². The minimum absolute atomic E-state index is 0.122. The molecule has 112 valence electrons.